The van der Waals surface area contributed by atoms with Crippen molar-refractivity contribution in [2.75, 3.05) is 79.5 Å². The van der Waals surface area contributed by atoms with Crippen LogP contribution in [0.25, 0.3) is 0 Å². The first-order valence-electron chi connectivity index (χ1n) is 29.2. The lowest BCUT2D eigenvalue weighted by molar-refractivity contribution is -0.270. The molecule has 39 heteroatoms. The van der Waals surface area contributed by atoms with E-state index in [-0.39, 0.29) is 70.4 Å². The second-order valence-electron chi connectivity index (χ2n) is 21.3. The molecule has 15 N–H and O–H groups in total. The largest absolute Gasteiger partial charge is 0.481 e. The zero-order chi connectivity index (χ0) is 68.6. The summed E-state index contributed by atoms with van der Waals surface area (Å²) in [6.07, 6.45) is -10.8. The average Bonchev–Trinajstić information content (AvgIpc) is 0.907. The van der Waals surface area contributed by atoms with E-state index in [0.717, 1.165) is 6.66 Å². The number of aliphatic hydroxyl groups excluding tert-OH is 8. The van der Waals surface area contributed by atoms with Crippen LogP contribution in [0.1, 0.15) is 99.3 Å². The topological polar surface area (TPSA) is 527 Å². The molecular formula is C52H93N5O31P2S. The highest BCUT2D eigenvalue weighted by Gasteiger charge is 2.49. The number of rotatable bonds is 40. The average molecular weight is 1380 g/mol. The number of unbranched alkanes of at least 4 members (excludes halogenated alkanes) is 3. The number of nitrogens with one attached hydrogen (secondary N) is 5. The number of hydrogen-bond donors (Lipinski definition) is 15. The van der Waals surface area contributed by atoms with Crippen LogP contribution >= 0.6 is 14.3 Å². The highest BCUT2D eigenvalue weighted by atomic mass is 32.5. The molecule has 0 aromatic rings. The van der Waals surface area contributed by atoms with Gasteiger partial charge in [-0.1, -0.05) is 6.92 Å². The minimum Gasteiger partial charge on any atom is -0.481 e. The molecule has 3 fully saturated rings. The van der Waals surface area contributed by atoms with Crippen molar-refractivity contribution in [1.29, 1.82) is 0 Å². The van der Waals surface area contributed by atoms with Crippen molar-refractivity contribution in [1.82, 2.24) is 26.6 Å². The Morgan fingerprint density at radius 1 is 0.549 bits per heavy atom. The highest BCUT2D eigenvalue weighted by molar-refractivity contribution is 8.07. The summed E-state index contributed by atoms with van der Waals surface area (Å²) in [4.78, 5) is 103. The van der Waals surface area contributed by atoms with E-state index in [1.165, 1.54) is 34.6 Å². The maximum Gasteiger partial charge on any atom is 0.329 e. The van der Waals surface area contributed by atoms with Crippen LogP contribution in [0.5, 0.6) is 0 Å². The molecule has 0 saturated carbocycles. The molecule has 3 rings (SSSR count). The molecule has 36 nitrogen and oxygen atoms in total. The molecule has 3 aliphatic heterocycles. The quantitative estimate of drug-likeness (QED) is 0.0120. The van der Waals surface area contributed by atoms with Crippen molar-refractivity contribution in [3.05, 3.63) is 0 Å². The van der Waals surface area contributed by atoms with Gasteiger partial charge in [0, 0.05) is 86.3 Å². The summed E-state index contributed by atoms with van der Waals surface area (Å²) < 4.78 is 77.4. The second kappa shape index (κ2) is 43.1. The lowest BCUT2D eigenvalue weighted by Crippen LogP contribution is -2.64. The van der Waals surface area contributed by atoms with Gasteiger partial charge in [0.1, 0.15) is 67.5 Å². The number of aliphatic hydroxyl groups is 8. The smallest absolute Gasteiger partial charge is 0.329 e. The monoisotopic (exact) mass is 1380 g/mol. The van der Waals surface area contributed by atoms with E-state index < -0.39 is 200 Å². The third kappa shape index (κ3) is 32.2. The molecule has 5 amide bonds. The Hall–Kier alpha value is -4.12. The van der Waals surface area contributed by atoms with Crippen LogP contribution in [0.4, 0.5) is 0 Å². The summed E-state index contributed by atoms with van der Waals surface area (Å²) in [6, 6.07) is -4.85. The van der Waals surface area contributed by atoms with Gasteiger partial charge in [0.05, 0.1) is 57.8 Å². The van der Waals surface area contributed by atoms with Crippen molar-refractivity contribution in [2.45, 2.75) is 197 Å². The summed E-state index contributed by atoms with van der Waals surface area (Å²) in [7, 11) is -3.91. The van der Waals surface area contributed by atoms with Crippen molar-refractivity contribution in [2.24, 2.45) is 5.92 Å². The number of aliphatic carboxylic acids is 1. The number of carbonyl (C=O) groups is 8. The summed E-state index contributed by atoms with van der Waals surface area (Å²) in [6.45, 7) is 0.927. The number of carboxylic acids is 1. The molecule has 0 radical (unpaired) electrons. The van der Waals surface area contributed by atoms with E-state index in [2.05, 4.69) is 26.6 Å². The summed E-state index contributed by atoms with van der Waals surface area (Å²) in [5.41, 5.74) is 0. The predicted octanol–water partition coefficient (Wildman–Crippen LogP) is -4.12. The van der Waals surface area contributed by atoms with E-state index in [9.17, 15) is 88.7 Å². The Morgan fingerprint density at radius 3 is 1.35 bits per heavy atom. The Labute approximate surface area is 531 Å². The molecule has 0 aromatic carbocycles. The lowest BCUT2D eigenvalue weighted by atomic mass is 9.88. The fraction of sp³-hybridized carbons (Fsp3) is 0.846. The van der Waals surface area contributed by atoms with Crippen LogP contribution in [0.2, 0.25) is 0 Å². The first kappa shape index (κ1) is 83.0. The van der Waals surface area contributed by atoms with Gasteiger partial charge in [-0.3, -0.25) is 52.0 Å². The Balaban J connectivity index is 0.000000837. The van der Waals surface area contributed by atoms with Crippen molar-refractivity contribution < 1.29 is 150 Å². The van der Waals surface area contributed by atoms with Gasteiger partial charge in [0.2, 0.25) is 29.5 Å². The molecule has 3 aliphatic rings. The van der Waals surface area contributed by atoms with Crippen LogP contribution in [0, 0.1) is 5.92 Å². The Morgan fingerprint density at radius 2 is 0.956 bits per heavy atom. The number of esters is 2. The number of amides is 5. The van der Waals surface area contributed by atoms with Gasteiger partial charge >= 0.3 is 32.2 Å². The zero-order valence-electron chi connectivity index (χ0n) is 51.8. The summed E-state index contributed by atoms with van der Waals surface area (Å²) >= 11 is 4.91. The van der Waals surface area contributed by atoms with Crippen LogP contribution in [-0.2, 0) is 111 Å². The van der Waals surface area contributed by atoms with Crippen molar-refractivity contribution in [3.63, 3.8) is 0 Å². The number of carboxylic acid groups (broad SMARTS) is 1. The fourth-order valence-corrected chi connectivity index (χ4v) is 10.7. The van der Waals surface area contributed by atoms with Crippen LogP contribution in [-0.4, -0.2) is 276 Å². The minimum absolute atomic E-state index is 0.0140. The maximum atomic E-state index is 12.8. The van der Waals surface area contributed by atoms with E-state index in [1.807, 2.05) is 0 Å². The van der Waals surface area contributed by atoms with Crippen LogP contribution in [0.15, 0.2) is 0 Å². The molecule has 528 valence electrons. The standard InChI is InChI=1S/C34H64N4O22P2S.C18H29NO9/c1-19(43)35-27-31(49)29(47)23(14-41)59-33(27)53-10-6-4-8-25(45)37-21(12-39)16-55-61(3,51)57-18-58-62(52,63)56-17-22(13-40)38-26(46)9-5-7-11-54-34-28(36-20(2)44)32(50)30(48)24(15-42)60-34;1-10-16(19-11(2)20)18(25-8-6-5-7-15(23)24)28-14(9-26-12(3)21)17(10)27-13(4)22/h21-24,27-34,39-42,47-50H,4-18H2,1-3H3,(H,35,43)(H,36,44)(H,37,45)(H,38,46)(H,52,63);10,14,16-18H,5-9H2,1-4H3,(H,19,20)(H,23,24)/t21-,22+,23?,24?,27?,28?,29-,30-,31+,32+,33+,34+,61?,62?;10-,14?,16?,17-,18-/m01/s1. The van der Waals surface area contributed by atoms with Crippen LogP contribution in [0.3, 0.4) is 0 Å². The van der Waals surface area contributed by atoms with Gasteiger partial charge in [-0.2, -0.15) is 0 Å². The number of hydrogen-bond acceptors (Lipinski definition) is 30. The van der Waals surface area contributed by atoms with Crippen molar-refractivity contribution >= 4 is 73.6 Å². The molecule has 3 heterocycles. The second-order valence-corrected chi connectivity index (χ2v) is 26.2. The van der Waals surface area contributed by atoms with Crippen molar-refractivity contribution in [3.8, 4) is 0 Å². The van der Waals surface area contributed by atoms with Gasteiger partial charge in [-0.25, -0.2) is 0 Å². The molecule has 8 unspecified atom stereocenters. The molecular weight excluding hydrogens is 1280 g/mol. The summed E-state index contributed by atoms with van der Waals surface area (Å²) in [5.74, 6) is -4.63. The van der Waals surface area contributed by atoms with Gasteiger partial charge in [-0.15, -0.1) is 0 Å². The SMILES string of the molecule is CC(=O)NC1[C@H](OCCCCC(=O)N[C@H](CO)COP(O)(=S)OCOP(C)(=O)OC[C@H](CO)NC(=O)CCCCO[C@@H]2OC(CO)[C@H](O)[C@H](O)C2NC(C)=O)OC(CO)[C@H](O)[C@@H]1O.CC(=O)NC1[C@H](OCCCCC(=O)O)OC(COC(C)=O)[C@H](OC(C)=O)[C@@H]1C. The molecule has 0 bridgehead atoms. The molecule has 91 heavy (non-hydrogen) atoms. The first-order chi connectivity index (χ1) is 42.8. The van der Waals surface area contributed by atoms with Gasteiger partial charge in [-0.05, 0) is 50.3 Å². The highest BCUT2D eigenvalue weighted by Crippen LogP contribution is 2.48. The third-order valence-corrected chi connectivity index (χ3v) is 16.3. The fourth-order valence-electron chi connectivity index (χ4n) is 8.94. The summed E-state index contributed by atoms with van der Waals surface area (Å²) in [5, 5.41) is 100. The van der Waals surface area contributed by atoms with E-state index in [1.54, 1.807) is 6.92 Å². The first-order valence-corrected chi connectivity index (χ1v) is 33.7. The predicted molar refractivity (Wildman–Crippen MR) is 312 cm³/mol. The third-order valence-electron chi connectivity index (χ3n) is 13.5. The molecule has 3 saturated heterocycles. The zero-order valence-corrected chi connectivity index (χ0v) is 54.4. The lowest BCUT2D eigenvalue weighted by Gasteiger charge is -2.44. The Kier molecular flexibility index (Phi) is 39.3. The molecule has 0 aromatic heterocycles. The number of ether oxygens (including phenoxy) is 8. The normalized spacial score (nSPS) is 28.4. The molecule has 0 aliphatic carbocycles. The van der Waals surface area contributed by atoms with E-state index >= 15 is 0 Å². The number of carbonyl (C=O) groups excluding carboxylic acids is 7. The maximum absolute atomic E-state index is 12.8. The molecule has 19 atom stereocenters. The van der Waals surface area contributed by atoms with Gasteiger partial charge in [0.15, 0.2) is 25.7 Å². The Bertz CT molecular complexity index is 2250. The van der Waals surface area contributed by atoms with E-state index in [0.29, 0.717) is 25.7 Å². The van der Waals surface area contributed by atoms with E-state index in [4.69, 9.17) is 72.9 Å². The van der Waals surface area contributed by atoms with Crippen LogP contribution < -0.4 is 26.6 Å². The minimum atomic E-state index is -4.06. The van der Waals surface area contributed by atoms with Gasteiger partial charge < -0.3 is 124 Å². The van der Waals surface area contributed by atoms with Gasteiger partial charge in [0.25, 0.3) is 0 Å². The molecule has 0 spiro atoms.